The summed E-state index contributed by atoms with van der Waals surface area (Å²) in [7, 11) is 1.61. The van der Waals surface area contributed by atoms with Crippen molar-refractivity contribution >= 4 is 6.09 Å². The van der Waals surface area contributed by atoms with Crippen LogP contribution in [0.15, 0.2) is 0 Å². The van der Waals surface area contributed by atoms with Crippen LogP contribution in [0.4, 0.5) is 4.79 Å². The van der Waals surface area contributed by atoms with Crippen molar-refractivity contribution in [1.29, 1.82) is 0 Å². The van der Waals surface area contributed by atoms with E-state index in [1.165, 1.54) is 4.90 Å². The molecule has 0 saturated heterocycles. The van der Waals surface area contributed by atoms with Gasteiger partial charge in [0.15, 0.2) is 0 Å². The summed E-state index contributed by atoms with van der Waals surface area (Å²) in [6, 6.07) is 0.135. The summed E-state index contributed by atoms with van der Waals surface area (Å²) >= 11 is 0. The highest BCUT2D eigenvalue weighted by Crippen LogP contribution is 2.28. The number of hydrogen-bond acceptors (Lipinski definition) is 3. The molecule has 5 nitrogen and oxygen atoms in total. The number of ether oxygens (including phenoxy) is 2. The zero-order chi connectivity index (χ0) is 11.3. The Balaban J connectivity index is 2.23. The van der Waals surface area contributed by atoms with Crippen molar-refractivity contribution in [2.75, 3.05) is 26.9 Å². The number of rotatable bonds is 7. The van der Waals surface area contributed by atoms with Crippen LogP contribution in [0, 0.1) is 0 Å². The molecule has 0 spiro atoms. The maximum atomic E-state index is 11.0. The molecule has 5 heteroatoms. The minimum Gasteiger partial charge on any atom is -0.465 e. The number of amides is 1. The molecule has 0 heterocycles. The Morgan fingerprint density at radius 1 is 1.53 bits per heavy atom. The lowest BCUT2D eigenvalue weighted by Crippen LogP contribution is -2.42. The van der Waals surface area contributed by atoms with Crippen LogP contribution in [-0.2, 0) is 9.47 Å². The zero-order valence-electron chi connectivity index (χ0n) is 9.31. The normalized spacial score (nSPS) is 17.5. The molecule has 1 aliphatic rings. The quantitative estimate of drug-likeness (QED) is 0.650. The number of hydrogen-bond donors (Lipinski definition) is 1. The molecule has 0 aromatic carbocycles. The van der Waals surface area contributed by atoms with Crippen LogP contribution >= 0.6 is 0 Å². The Bertz CT molecular complexity index is 206. The van der Waals surface area contributed by atoms with E-state index in [1.54, 1.807) is 7.11 Å². The van der Waals surface area contributed by atoms with E-state index in [1.807, 2.05) is 6.92 Å². The Labute approximate surface area is 90.0 Å². The Hall–Kier alpha value is -0.810. The highest BCUT2D eigenvalue weighted by atomic mass is 16.5. The van der Waals surface area contributed by atoms with Crippen molar-refractivity contribution in [1.82, 2.24) is 4.90 Å². The second-order valence-corrected chi connectivity index (χ2v) is 3.84. The molecule has 0 radical (unpaired) electrons. The van der Waals surface area contributed by atoms with E-state index in [4.69, 9.17) is 14.6 Å². The van der Waals surface area contributed by atoms with Crippen LogP contribution in [0.3, 0.4) is 0 Å². The molecule has 0 aliphatic heterocycles. The average Bonchev–Trinajstić information content (AvgIpc) is 2.96. The third-order valence-corrected chi connectivity index (χ3v) is 2.43. The molecule has 1 N–H and O–H groups in total. The van der Waals surface area contributed by atoms with Crippen LogP contribution in [0.2, 0.25) is 0 Å². The van der Waals surface area contributed by atoms with Crippen molar-refractivity contribution in [2.24, 2.45) is 0 Å². The van der Waals surface area contributed by atoms with E-state index in [0.717, 1.165) is 12.8 Å². The first kappa shape index (κ1) is 12.3. The van der Waals surface area contributed by atoms with Gasteiger partial charge in [-0.05, 0) is 19.8 Å². The van der Waals surface area contributed by atoms with Gasteiger partial charge in [0.1, 0.15) is 0 Å². The smallest absolute Gasteiger partial charge is 0.407 e. The maximum absolute atomic E-state index is 11.0. The van der Waals surface area contributed by atoms with Crippen LogP contribution in [0.5, 0.6) is 0 Å². The summed E-state index contributed by atoms with van der Waals surface area (Å²) < 4.78 is 10.2. The first-order chi connectivity index (χ1) is 7.16. The zero-order valence-corrected chi connectivity index (χ0v) is 9.31. The van der Waals surface area contributed by atoms with Gasteiger partial charge < -0.3 is 19.5 Å². The first-order valence-electron chi connectivity index (χ1n) is 5.24. The molecule has 0 aromatic heterocycles. The summed E-state index contributed by atoms with van der Waals surface area (Å²) in [5.74, 6) is 0. The lowest BCUT2D eigenvalue weighted by molar-refractivity contribution is 0.0336. The third-order valence-electron chi connectivity index (χ3n) is 2.43. The summed E-state index contributed by atoms with van der Waals surface area (Å²) in [5, 5.41) is 9.00. The minimum atomic E-state index is -0.847. The first-order valence-corrected chi connectivity index (χ1v) is 5.24. The summed E-state index contributed by atoms with van der Waals surface area (Å²) in [6.45, 7) is 3.37. The second kappa shape index (κ2) is 5.92. The molecule has 1 atom stereocenters. The van der Waals surface area contributed by atoms with E-state index < -0.39 is 6.09 Å². The molecule has 0 aromatic rings. The molecule has 1 fully saturated rings. The predicted octanol–water partition coefficient (Wildman–Crippen LogP) is 1.18. The van der Waals surface area contributed by atoms with E-state index >= 15 is 0 Å². The number of carbonyl (C=O) groups is 1. The SMILES string of the molecule is COCCOCC(C)N(C(=O)O)C1CC1. The second-order valence-electron chi connectivity index (χ2n) is 3.84. The molecular weight excluding hydrogens is 198 g/mol. The molecule has 15 heavy (non-hydrogen) atoms. The van der Waals surface area contributed by atoms with Gasteiger partial charge in [-0.2, -0.15) is 0 Å². The standard InChI is InChI=1S/C10H19NO4/c1-8(7-15-6-5-14-2)11(10(12)13)9-3-4-9/h8-9H,3-7H2,1-2H3,(H,12,13). The monoisotopic (exact) mass is 217 g/mol. The van der Waals surface area contributed by atoms with Gasteiger partial charge in [-0.1, -0.05) is 0 Å². The molecule has 0 bridgehead atoms. The lowest BCUT2D eigenvalue weighted by Gasteiger charge is -2.26. The van der Waals surface area contributed by atoms with Crippen LogP contribution in [0.1, 0.15) is 19.8 Å². The summed E-state index contributed by atoms with van der Waals surface area (Å²) in [5.41, 5.74) is 0. The van der Waals surface area contributed by atoms with Gasteiger partial charge in [-0.3, -0.25) is 0 Å². The Morgan fingerprint density at radius 2 is 2.20 bits per heavy atom. The molecule has 1 aliphatic carbocycles. The fourth-order valence-corrected chi connectivity index (χ4v) is 1.53. The predicted molar refractivity (Wildman–Crippen MR) is 55.0 cm³/mol. The fourth-order valence-electron chi connectivity index (χ4n) is 1.53. The highest BCUT2D eigenvalue weighted by molar-refractivity contribution is 5.66. The summed E-state index contributed by atoms with van der Waals surface area (Å²) in [4.78, 5) is 12.4. The largest absolute Gasteiger partial charge is 0.465 e. The fraction of sp³-hybridized carbons (Fsp3) is 0.900. The van der Waals surface area contributed by atoms with Crippen LogP contribution < -0.4 is 0 Å². The number of nitrogens with zero attached hydrogens (tertiary/aromatic N) is 1. The van der Waals surface area contributed by atoms with E-state index in [-0.39, 0.29) is 12.1 Å². The van der Waals surface area contributed by atoms with Gasteiger partial charge in [0, 0.05) is 13.2 Å². The molecule has 1 rings (SSSR count). The van der Waals surface area contributed by atoms with Crippen molar-refractivity contribution < 1.29 is 19.4 Å². The van der Waals surface area contributed by atoms with Crippen LogP contribution in [-0.4, -0.2) is 55.1 Å². The minimum absolute atomic E-state index is 0.0770. The van der Waals surface area contributed by atoms with Crippen molar-refractivity contribution in [3.05, 3.63) is 0 Å². The summed E-state index contributed by atoms with van der Waals surface area (Å²) in [6.07, 6.45) is 1.11. The lowest BCUT2D eigenvalue weighted by atomic mass is 10.3. The molecule has 1 saturated carbocycles. The van der Waals surface area contributed by atoms with Crippen molar-refractivity contribution in [2.45, 2.75) is 31.8 Å². The average molecular weight is 217 g/mol. The van der Waals surface area contributed by atoms with Gasteiger partial charge in [0.25, 0.3) is 0 Å². The van der Waals surface area contributed by atoms with Gasteiger partial charge in [0.2, 0.25) is 0 Å². The molecule has 1 unspecified atom stereocenters. The highest BCUT2D eigenvalue weighted by Gasteiger charge is 2.35. The topological polar surface area (TPSA) is 59.0 Å². The van der Waals surface area contributed by atoms with E-state index in [0.29, 0.717) is 19.8 Å². The maximum Gasteiger partial charge on any atom is 0.407 e. The van der Waals surface area contributed by atoms with Gasteiger partial charge in [0.05, 0.1) is 25.9 Å². The van der Waals surface area contributed by atoms with Gasteiger partial charge in [-0.15, -0.1) is 0 Å². The van der Waals surface area contributed by atoms with Gasteiger partial charge in [-0.25, -0.2) is 4.79 Å². The van der Waals surface area contributed by atoms with Crippen molar-refractivity contribution in [3.8, 4) is 0 Å². The van der Waals surface area contributed by atoms with Crippen molar-refractivity contribution in [3.63, 3.8) is 0 Å². The Morgan fingerprint density at radius 3 is 2.67 bits per heavy atom. The van der Waals surface area contributed by atoms with Crippen LogP contribution in [0.25, 0.3) is 0 Å². The number of methoxy groups -OCH3 is 1. The third kappa shape index (κ3) is 4.05. The Kier molecular flexibility index (Phi) is 4.84. The molecular formula is C10H19NO4. The van der Waals surface area contributed by atoms with E-state index in [9.17, 15) is 4.79 Å². The van der Waals surface area contributed by atoms with E-state index in [2.05, 4.69) is 0 Å². The number of carboxylic acid groups (broad SMARTS) is 1. The van der Waals surface area contributed by atoms with Gasteiger partial charge >= 0.3 is 6.09 Å². The molecule has 88 valence electrons. The molecule has 1 amide bonds.